The largest absolute Gasteiger partial charge is 0.494 e. The van der Waals surface area contributed by atoms with E-state index in [0.717, 1.165) is 22.2 Å². The van der Waals surface area contributed by atoms with Crippen molar-refractivity contribution in [1.82, 2.24) is 0 Å². The summed E-state index contributed by atoms with van der Waals surface area (Å²) in [5.41, 5.74) is 7.03. The number of hydrogen-bond donors (Lipinski definition) is 2. The van der Waals surface area contributed by atoms with Crippen LogP contribution in [0.2, 0.25) is 0 Å². The second kappa shape index (κ2) is 7.88. The van der Waals surface area contributed by atoms with Crippen molar-refractivity contribution in [2.75, 3.05) is 6.61 Å². The molecule has 2 atom stereocenters. The molecular formula is C15H24BrNO2. The molecule has 108 valence electrons. The maximum absolute atomic E-state index is 10.2. The molecule has 0 bridgehead atoms. The molecule has 0 heterocycles. The third kappa shape index (κ3) is 5.13. The first-order valence-electron chi connectivity index (χ1n) is 6.81. The summed E-state index contributed by atoms with van der Waals surface area (Å²) in [6.07, 6.45) is 1.12. The Balaban J connectivity index is 2.84. The van der Waals surface area contributed by atoms with Crippen LogP contribution < -0.4 is 10.5 Å². The van der Waals surface area contributed by atoms with Crippen LogP contribution in [-0.2, 0) is 0 Å². The van der Waals surface area contributed by atoms with E-state index in [4.69, 9.17) is 10.5 Å². The van der Waals surface area contributed by atoms with Crippen molar-refractivity contribution in [2.24, 2.45) is 11.7 Å². The fourth-order valence-corrected chi connectivity index (χ4v) is 2.34. The lowest BCUT2D eigenvalue weighted by Crippen LogP contribution is -2.27. The predicted molar refractivity (Wildman–Crippen MR) is 82.3 cm³/mol. The average molecular weight is 330 g/mol. The van der Waals surface area contributed by atoms with E-state index in [2.05, 4.69) is 29.8 Å². The van der Waals surface area contributed by atoms with Crippen molar-refractivity contribution in [1.29, 1.82) is 0 Å². The Morgan fingerprint density at radius 1 is 1.32 bits per heavy atom. The molecule has 0 aliphatic heterocycles. The van der Waals surface area contributed by atoms with Crippen LogP contribution in [-0.4, -0.2) is 17.8 Å². The van der Waals surface area contributed by atoms with Gasteiger partial charge in [-0.15, -0.1) is 0 Å². The van der Waals surface area contributed by atoms with E-state index in [-0.39, 0.29) is 0 Å². The van der Waals surface area contributed by atoms with Crippen LogP contribution in [0.5, 0.6) is 5.75 Å². The van der Waals surface area contributed by atoms with Gasteiger partial charge >= 0.3 is 0 Å². The lowest BCUT2D eigenvalue weighted by molar-refractivity contribution is 0.126. The number of ether oxygens (including phenoxy) is 1. The number of rotatable bonds is 7. The van der Waals surface area contributed by atoms with Crippen molar-refractivity contribution in [2.45, 2.75) is 45.8 Å². The molecule has 0 aliphatic carbocycles. The molecule has 3 nitrogen and oxygen atoms in total. The van der Waals surface area contributed by atoms with Crippen molar-refractivity contribution < 1.29 is 9.84 Å². The minimum atomic E-state index is -0.545. The maximum Gasteiger partial charge on any atom is 0.124 e. The fraction of sp³-hybridized carbons (Fsp3) is 0.600. The van der Waals surface area contributed by atoms with Gasteiger partial charge in [0.2, 0.25) is 0 Å². The highest BCUT2D eigenvalue weighted by atomic mass is 79.9. The molecule has 0 saturated carbocycles. The lowest BCUT2D eigenvalue weighted by atomic mass is 9.95. The highest BCUT2D eigenvalue weighted by molar-refractivity contribution is 9.10. The van der Waals surface area contributed by atoms with Gasteiger partial charge in [-0.05, 0) is 43.9 Å². The summed E-state index contributed by atoms with van der Waals surface area (Å²) in [5, 5.41) is 10.2. The maximum atomic E-state index is 10.2. The molecule has 0 saturated heterocycles. The summed E-state index contributed by atoms with van der Waals surface area (Å²) in [7, 11) is 0. The van der Waals surface area contributed by atoms with E-state index in [1.54, 1.807) is 0 Å². The van der Waals surface area contributed by atoms with E-state index >= 15 is 0 Å². The van der Waals surface area contributed by atoms with Gasteiger partial charge in [-0.2, -0.15) is 0 Å². The molecular weight excluding hydrogens is 306 g/mol. The van der Waals surface area contributed by atoms with E-state index in [1.807, 2.05) is 25.1 Å². The normalized spacial score (nSPS) is 14.5. The number of aliphatic hydroxyl groups is 1. The van der Waals surface area contributed by atoms with Crippen molar-refractivity contribution in [3.05, 3.63) is 28.2 Å². The minimum absolute atomic E-state index is 0.419. The summed E-state index contributed by atoms with van der Waals surface area (Å²) in [5.74, 6) is 1.32. The Kier molecular flexibility index (Phi) is 6.83. The first kappa shape index (κ1) is 16.5. The summed E-state index contributed by atoms with van der Waals surface area (Å²) < 4.78 is 6.52. The van der Waals surface area contributed by atoms with Crippen LogP contribution >= 0.6 is 15.9 Å². The summed E-state index contributed by atoms with van der Waals surface area (Å²) in [6.45, 7) is 6.81. The van der Waals surface area contributed by atoms with Crippen LogP contribution in [0.15, 0.2) is 22.7 Å². The second-order valence-electron chi connectivity index (χ2n) is 5.18. The fourth-order valence-electron chi connectivity index (χ4n) is 1.96. The third-order valence-corrected chi connectivity index (χ3v) is 3.58. The van der Waals surface area contributed by atoms with Crippen LogP contribution in [0.1, 0.15) is 45.2 Å². The SMILES string of the molecule is CCOc1ccc(Br)cc1[C@H](N)[C@H](O)CCC(C)C. The zero-order valence-corrected chi connectivity index (χ0v) is 13.5. The summed E-state index contributed by atoms with van der Waals surface area (Å²) in [4.78, 5) is 0. The zero-order valence-electron chi connectivity index (χ0n) is 11.9. The number of nitrogens with two attached hydrogens (primary N) is 1. The van der Waals surface area contributed by atoms with Gasteiger partial charge in [-0.25, -0.2) is 0 Å². The highest BCUT2D eigenvalue weighted by Crippen LogP contribution is 2.30. The number of halogens is 1. The Morgan fingerprint density at radius 2 is 2.00 bits per heavy atom. The first-order valence-corrected chi connectivity index (χ1v) is 7.60. The highest BCUT2D eigenvalue weighted by Gasteiger charge is 2.21. The number of aliphatic hydroxyl groups excluding tert-OH is 1. The molecule has 1 aromatic rings. The van der Waals surface area contributed by atoms with Crippen molar-refractivity contribution in [3.63, 3.8) is 0 Å². The second-order valence-corrected chi connectivity index (χ2v) is 6.10. The monoisotopic (exact) mass is 329 g/mol. The van der Waals surface area contributed by atoms with Gasteiger partial charge < -0.3 is 15.6 Å². The van der Waals surface area contributed by atoms with Gasteiger partial charge in [0.1, 0.15) is 5.75 Å². The molecule has 19 heavy (non-hydrogen) atoms. The molecule has 0 aliphatic rings. The molecule has 0 spiro atoms. The Bertz CT molecular complexity index is 396. The van der Waals surface area contributed by atoms with E-state index in [9.17, 15) is 5.11 Å². The van der Waals surface area contributed by atoms with Crippen molar-refractivity contribution >= 4 is 15.9 Å². The lowest BCUT2D eigenvalue weighted by Gasteiger charge is -2.22. The molecule has 0 unspecified atom stereocenters. The van der Waals surface area contributed by atoms with Crippen LogP contribution in [0.25, 0.3) is 0 Å². The smallest absolute Gasteiger partial charge is 0.124 e. The molecule has 0 aromatic heterocycles. The quantitative estimate of drug-likeness (QED) is 0.802. The summed E-state index contributed by atoms with van der Waals surface area (Å²) in [6, 6.07) is 5.31. The van der Waals surface area contributed by atoms with Gasteiger partial charge in [0.15, 0.2) is 0 Å². The van der Waals surface area contributed by atoms with Crippen LogP contribution in [0, 0.1) is 5.92 Å². The van der Waals surface area contributed by atoms with Gasteiger partial charge in [0, 0.05) is 10.0 Å². The molecule has 1 aromatic carbocycles. The molecule has 0 fully saturated rings. The van der Waals surface area contributed by atoms with E-state index in [1.165, 1.54) is 0 Å². The molecule has 1 rings (SSSR count). The van der Waals surface area contributed by atoms with E-state index < -0.39 is 12.1 Å². The summed E-state index contributed by atoms with van der Waals surface area (Å²) >= 11 is 3.43. The van der Waals surface area contributed by atoms with Crippen LogP contribution in [0.3, 0.4) is 0 Å². The minimum Gasteiger partial charge on any atom is -0.494 e. The number of benzene rings is 1. The molecule has 4 heteroatoms. The molecule has 0 radical (unpaired) electrons. The van der Waals surface area contributed by atoms with Gasteiger partial charge in [0.25, 0.3) is 0 Å². The average Bonchev–Trinajstić information content (AvgIpc) is 2.37. The topological polar surface area (TPSA) is 55.5 Å². The Labute approximate surface area is 124 Å². The first-order chi connectivity index (χ1) is 8.95. The predicted octanol–water partition coefficient (Wildman–Crippen LogP) is 3.64. The van der Waals surface area contributed by atoms with E-state index in [0.29, 0.717) is 18.9 Å². The number of hydrogen-bond acceptors (Lipinski definition) is 3. The standard InChI is InChI=1S/C15H24BrNO2/c1-4-19-14-8-6-11(16)9-12(14)15(17)13(18)7-5-10(2)3/h6,8-10,13,15,18H,4-5,7,17H2,1-3H3/t13-,15+/m1/s1. The Hall–Kier alpha value is -0.580. The van der Waals surface area contributed by atoms with Crippen LogP contribution in [0.4, 0.5) is 0 Å². The van der Waals surface area contributed by atoms with Crippen molar-refractivity contribution in [3.8, 4) is 5.75 Å². The van der Waals surface area contributed by atoms with Gasteiger partial charge in [0.05, 0.1) is 18.8 Å². The molecule has 0 amide bonds. The van der Waals surface area contributed by atoms with Gasteiger partial charge in [-0.1, -0.05) is 29.8 Å². The Morgan fingerprint density at radius 3 is 2.58 bits per heavy atom. The zero-order chi connectivity index (χ0) is 14.4. The third-order valence-electron chi connectivity index (χ3n) is 3.09. The molecule has 3 N–H and O–H groups in total. The van der Waals surface area contributed by atoms with Gasteiger partial charge in [-0.3, -0.25) is 0 Å².